The van der Waals surface area contributed by atoms with Gasteiger partial charge in [0.05, 0.1) is 5.69 Å². The molecule has 0 aliphatic heterocycles. The van der Waals surface area contributed by atoms with Crippen LogP contribution in [-0.4, -0.2) is 26.2 Å². The normalized spacial score (nSPS) is 22.2. The van der Waals surface area contributed by atoms with E-state index in [1.807, 2.05) is 13.0 Å². The van der Waals surface area contributed by atoms with Crippen molar-refractivity contribution in [3.05, 3.63) is 30.1 Å². The van der Waals surface area contributed by atoms with E-state index in [2.05, 4.69) is 46.0 Å². The Balaban J connectivity index is 1.68. The van der Waals surface area contributed by atoms with Crippen molar-refractivity contribution in [2.75, 3.05) is 5.32 Å². The molecule has 1 saturated carbocycles. The molecule has 1 aliphatic carbocycles. The quantitative estimate of drug-likeness (QED) is 0.936. The first-order valence-electron chi connectivity index (χ1n) is 7.88. The number of aryl methyl sites for hydroxylation is 1. The maximum Gasteiger partial charge on any atom is 0.153 e. The van der Waals surface area contributed by atoms with Crippen molar-refractivity contribution < 1.29 is 0 Å². The molecule has 2 aromatic rings. The molecular formula is C16H23N5. The van der Waals surface area contributed by atoms with E-state index < -0.39 is 0 Å². The fraction of sp³-hybridized carbons (Fsp3) is 0.562. The lowest BCUT2D eigenvalue weighted by Crippen LogP contribution is -2.25. The summed E-state index contributed by atoms with van der Waals surface area (Å²) in [4.78, 5) is 0. The van der Waals surface area contributed by atoms with Crippen LogP contribution in [0.4, 0.5) is 5.69 Å². The van der Waals surface area contributed by atoms with Crippen LogP contribution in [0, 0.1) is 12.8 Å². The van der Waals surface area contributed by atoms with Crippen molar-refractivity contribution in [3.63, 3.8) is 0 Å². The molecule has 5 nitrogen and oxygen atoms in total. The molecule has 0 radical (unpaired) electrons. The second-order valence-corrected chi connectivity index (χ2v) is 5.96. The second kappa shape index (κ2) is 6.24. The van der Waals surface area contributed by atoms with Crippen LogP contribution in [0.25, 0.3) is 5.69 Å². The third-order valence-electron chi connectivity index (χ3n) is 4.51. The SMILES string of the molecule is CCC1CCC(Nc2cccc(-n3nnnc3C)c2)CC1. The molecule has 3 rings (SSSR count). The van der Waals surface area contributed by atoms with Gasteiger partial charge in [0.25, 0.3) is 0 Å². The van der Waals surface area contributed by atoms with Gasteiger partial charge in [0, 0.05) is 11.7 Å². The van der Waals surface area contributed by atoms with Crippen LogP contribution >= 0.6 is 0 Å². The van der Waals surface area contributed by atoms with Gasteiger partial charge in [0.15, 0.2) is 5.82 Å². The highest BCUT2D eigenvalue weighted by Gasteiger charge is 2.19. The number of hydrogen-bond donors (Lipinski definition) is 1. The molecule has 1 N–H and O–H groups in total. The summed E-state index contributed by atoms with van der Waals surface area (Å²) >= 11 is 0. The Hall–Kier alpha value is -1.91. The Bertz CT molecular complexity index is 584. The van der Waals surface area contributed by atoms with E-state index in [1.165, 1.54) is 32.1 Å². The molecule has 0 unspecified atom stereocenters. The minimum absolute atomic E-state index is 0.595. The van der Waals surface area contributed by atoms with Crippen LogP contribution in [-0.2, 0) is 0 Å². The first kappa shape index (κ1) is 14.0. The molecule has 112 valence electrons. The molecule has 0 atom stereocenters. The number of rotatable bonds is 4. The number of hydrogen-bond acceptors (Lipinski definition) is 4. The maximum absolute atomic E-state index is 4.02. The largest absolute Gasteiger partial charge is 0.382 e. The monoisotopic (exact) mass is 285 g/mol. The molecule has 1 aromatic heterocycles. The second-order valence-electron chi connectivity index (χ2n) is 5.96. The van der Waals surface area contributed by atoms with Crippen LogP contribution in [0.5, 0.6) is 0 Å². The number of tetrazole rings is 1. The van der Waals surface area contributed by atoms with E-state index in [1.54, 1.807) is 4.68 Å². The van der Waals surface area contributed by atoms with Crippen LogP contribution in [0.15, 0.2) is 24.3 Å². The summed E-state index contributed by atoms with van der Waals surface area (Å²) < 4.78 is 1.76. The number of anilines is 1. The lowest BCUT2D eigenvalue weighted by atomic mass is 9.84. The predicted molar refractivity (Wildman–Crippen MR) is 83.6 cm³/mol. The first-order valence-corrected chi connectivity index (χ1v) is 7.88. The number of nitrogens with one attached hydrogen (secondary N) is 1. The van der Waals surface area contributed by atoms with Crippen LogP contribution in [0.2, 0.25) is 0 Å². The Morgan fingerprint density at radius 1 is 1.24 bits per heavy atom. The Morgan fingerprint density at radius 3 is 2.71 bits per heavy atom. The van der Waals surface area contributed by atoms with E-state index in [9.17, 15) is 0 Å². The summed E-state index contributed by atoms with van der Waals surface area (Å²) in [5.41, 5.74) is 2.16. The zero-order valence-corrected chi connectivity index (χ0v) is 12.8. The molecule has 1 aromatic carbocycles. The highest BCUT2D eigenvalue weighted by atomic mass is 15.5. The minimum Gasteiger partial charge on any atom is -0.382 e. The maximum atomic E-state index is 4.02. The van der Waals surface area contributed by atoms with Gasteiger partial charge in [-0.05, 0) is 67.2 Å². The van der Waals surface area contributed by atoms with Gasteiger partial charge in [-0.3, -0.25) is 0 Å². The summed E-state index contributed by atoms with van der Waals surface area (Å²) in [6.07, 6.45) is 6.56. The summed E-state index contributed by atoms with van der Waals surface area (Å²) in [7, 11) is 0. The third-order valence-corrected chi connectivity index (χ3v) is 4.51. The Labute approximate surface area is 125 Å². The van der Waals surface area contributed by atoms with E-state index in [4.69, 9.17) is 0 Å². The molecule has 5 heteroatoms. The molecule has 0 spiro atoms. The van der Waals surface area contributed by atoms with Gasteiger partial charge < -0.3 is 5.32 Å². The van der Waals surface area contributed by atoms with Gasteiger partial charge in [0.1, 0.15) is 0 Å². The molecule has 1 fully saturated rings. The lowest BCUT2D eigenvalue weighted by molar-refractivity contribution is 0.330. The first-order chi connectivity index (χ1) is 10.3. The van der Waals surface area contributed by atoms with E-state index in [0.29, 0.717) is 6.04 Å². The summed E-state index contributed by atoms with van der Waals surface area (Å²) in [5.74, 6) is 1.73. The van der Waals surface area contributed by atoms with Crippen LogP contribution in [0.3, 0.4) is 0 Å². The van der Waals surface area contributed by atoms with Gasteiger partial charge in [-0.25, -0.2) is 0 Å². The highest BCUT2D eigenvalue weighted by molar-refractivity contribution is 5.51. The molecule has 0 saturated heterocycles. The molecular weight excluding hydrogens is 262 g/mol. The summed E-state index contributed by atoms with van der Waals surface area (Å²) in [6.45, 7) is 4.21. The number of benzene rings is 1. The molecule has 1 heterocycles. The Morgan fingerprint density at radius 2 is 2.05 bits per heavy atom. The Kier molecular flexibility index (Phi) is 4.18. The van der Waals surface area contributed by atoms with E-state index >= 15 is 0 Å². The number of nitrogens with zero attached hydrogens (tertiary/aromatic N) is 4. The van der Waals surface area contributed by atoms with Gasteiger partial charge in [0.2, 0.25) is 0 Å². The summed E-state index contributed by atoms with van der Waals surface area (Å²) in [5, 5.41) is 15.3. The fourth-order valence-electron chi connectivity index (χ4n) is 3.15. The fourth-order valence-corrected chi connectivity index (χ4v) is 3.15. The number of aromatic nitrogens is 4. The van der Waals surface area contributed by atoms with Crippen molar-refractivity contribution >= 4 is 5.69 Å². The highest BCUT2D eigenvalue weighted by Crippen LogP contribution is 2.28. The van der Waals surface area contributed by atoms with Crippen molar-refractivity contribution in [2.45, 2.75) is 52.0 Å². The van der Waals surface area contributed by atoms with Crippen molar-refractivity contribution in [1.29, 1.82) is 0 Å². The average Bonchev–Trinajstić information content (AvgIpc) is 2.94. The van der Waals surface area contributed by atoms with Crippen molar-refractivity contribution in [2.24, 2.45) is 5.92 Å². The zero-order chi connectivity index (χ0) is 14.7. The predicted octanol–water partition coefficient (Wildman–Crippen LogP) is 3.35. The zero-order valence-electron chi connectivity index (χ0n) is 12.8. The standard InChI is InChI=1S/C16H23N5/c1-3-13-7-9-14(10-8-13)17-15-5-4-6-16(11-15)21-12(2)18-19-20-21/h4-6,11,13-14,17H,3,7-10H2,1-2H3. The van der Waals surface area contributed by atoms with Crippen LogP contribution in [0.1, 0.15) is 44.9 Å². The molecule has 0 amide bonds. The lowest BCUT2D eigenvalue weighted by Gasteiger charge is -2.29. The minimum atomic E-state index is 0.595. The van der Waals surface area contributed by atoms with E-state index in [-0.39, 0.29) is 0 Å². The van der Waals surface area contributed by atoms with Crippen LogP contribution < -0.4 is 5.32 Å². The summed E-state index contributed by atoms with van der Waals surface area (Å²) in [6, 6.07) is 8.92. The van der Waals surface area contributed by atoms with Gasteiger partial charge >= 0.3 is 0 Å². The van der Waals surface area contributed by atoms with Crippen molar-refractivity contribution in [3.8, 4) is 5.69 Å². The average molecular weight is 285 g/mol. The smallest absolute Gasteiger partial charge is 0.153 e. The molecule has 1 aliphatic rings. The molecule has 21 heavy (non-hydrogen) atoms. The van der Waals surface area contributed by atoms with E-state index in [0.717, 1.165) is 23.1 Å². The topological polar surface area (TPSA) is 55.6 Å². The van der Waals surface area contributed by atoms with Gasteiger partial charge in [-0.2, -0.15) is 4.68 Å². The molecule has 0 bridgehead atoms. The van der Waals surface area contributed by atoms with Gasteiger partial charge in [-0.1, -0.05) is 19.4 Å². The van der Waals surface area contributed by atoms with Crippen molar-refractivity contribution in [1.82, 2.24) is 20.2 Å². The van der Waals surface area contributed by atoms with Gasteiger partial charge in [-0.15, -0.1) is 5.10 Å². The third kappa shape index (κ3) is 3.23.